The third-order valence-corrected chi connectivity index (χ3v) is 6.05. The molecule has 2 unspecified atom stereocenters. The van der Waals surface area contributed by atoms with Crippen molar-refractivity contribution in [2.45, 2.75) is 57.3 Å². The number of ether oxygens (including phenoxy) is 1. The Morgan fingerprint density at radius 1 is 1.16 bits per heavy atom. The lowest BCUT2D eigenvalue weighted by Crippen LogP contribution is -2.50. The monoisotopic (exact) mass is 342 g/mol. The number of para-hydroxylation sites is 2. The van der Waals surface area contributed by atoms with E-state index in [2.05, 4.69) is 51.0 Å². The average Bonchev–Trinajstić information content (AvgIpc) is 3.05. The second kappa shape index (κ2) is 7.44. The van der Waals surface area contributed by atoms with Gasteiger partial charge in [-0.1, -0.05) is 12.1 Å². The van der Waals surface area contributed by atoms with Crippen molar-refractivity contribution in [1.29, 1.82) is 0 Å². The van der Waals surface area contributed by atoms with Gasteiger partial charge in [-0.2, -0.15) is 0 Å². The number of hydrogen-bond donors (Lipinski definition) is 1. The molecule has 0 saturated carbocycles. The summed E-state index contributed by atoms with van der Waals surface area (Å²) < 4.78 is 7.62. The molecule has 0 aliphatic carbocycles. The molecule has 5 heteroatoms. The van der Waals surface area contributed by atoms with Gasteiger partial charge >= 0.3 is 0 Å². The van der Waals surface area contributed by atoms with Crippen LogP contribution in [0.25, 0.3) is 11.0 Å². The summed E-state index contributed by atoms with van der Waals surface area (Å²) in [6.07, 6.45) is 5.28. The summed E-state index contributed by atoms with van der Waals surface area (Å²) in [6, 6.07) is 10.6. The van der Waals surface area contributed by atoms with Crippen molar-refractivity contribution in [3.8, 4) is 0 Å². The molecule has 3 heterocycles. The Labute approximate surface area is 150 Å². The maximum Gasteiger partial charge on any atom is 0.106 e. The first kappa shape index (κ1) is 17.0. The van der Waals surface area contributed by atoms with Crippen molar-refractivity contribution in [2.24, 2.45) is 0 Å². The molecule has 0 spiro atoms. The predicted octanol–water partition coefficient (Wildman–Crippen LogP) is 2.58. The van der Waals surface area contributed by atoms with Gasteiger partial charge in [0.05, 0.1) is 17.6 Å². The van der Waals surface area contributed by atoms with E-state index in [1.165, 1.54) is 31.2 Å². The van der Waals surface area contributed by atoms with Gasteiger partial charge in [-0.25, -0.2) is 4.98 Å². The Hall–Kier alpha value is -1.43. The first-order valence-electron chi connectivity index (χ1n) is 9.66. The molecular formula is C20H30N4O. The number of fused-ring (bicyclic) bond motifs is 3. The van der Waals surface area contributed by atoms with E-state index < -0.39 is 0 Å². The fourth-order valence-corrected chi connectivity index (χ4v) is 4.86. The molecule has 136 valence electrons. The Kier molecular flexibility index (Phi) is 5.06. The van der Waals surface area contributed by atoms with E-state index in [-0.39, 0.29) is 0 Å². The van der Waals surface area contributed by atoms with Crippen molar-refractivity contribution in [2.75, 3.05) is 26.8 Å². The van der Waals surface area contributed by atoms with Gasteiger partial charge in [0.15, 0.2) is 0 Å². The smallest absolute Gasteiger partial charge is 0.106 e. The Balaban J connectivity index is 1.32. The van der Waals surface area contributed by atoms with Gasteiger partial charge in [0.25, 0.3) is 0 Å². The number of nitrogens with zero attached hydrogens (tertiary/aromatic N) is 3. The first-order valence-corrected chi connectivity index (χ1v) is 9.66. The molecule has 2 aromatic rings. The second-order valence-electron chi connectivity index (χ2n) is 7.54. The molecule has 2 saturated heterocycles. The highest BCUT2D eigenvalue weighted by atomic mass is 16.5. The van der Waals surface area contributed by atoms with Gasteiger partial charge in [0.2, 0.25) is 0 Å². The first-order chi connectivity index (χ1) is 12.3. The third kappa shape index (κ3) is 3.46. The largest absolute Gasteiger partial charge is 0.383 e. The van der Waals surface area contributed by atoms with Crippen LogP contribution < -0.4 is 5.32 Å². The van der Waals surface area contributed by atoms with E-state index in [9.17, 15) is 0 Å². The maximum absolute atomic E-state index is 5.28. The quantitative estimate of drug-likeness (QED) is 0.840. The van der Waals surface area contributed by atoms with E-state index in [0.29, 0.717) is 6.04 Å². The lowest BCUT2D eigenvalue weighted by atomic mass is 9.97. The zero-order valence-corrected chi connectivity index (χ0v) is 15.4. The highest BCUT2D eigenvalue weighted by molar-refractivity contribution is 5.75. The Morgan fingerprint density at radius 3 is 2.68 bits per heavy atom. The molecule has 2 aliphatic heterocycles. The zero-order chi connectivity index (χ0) is 17.2. The molecule has 2 fully saturated rings. The fourth-order valence-electron chi connectivity index (χ4n) is 4.86. The molecule has 0 amide bonds. The summed E-state index contributed by atoms with van der Waals surface area (Å²) in [4.78, 5) is 7.36. The van der Waals surface area contributed by atoms with Crippen molar-refractivity contribution in [3.05, 3.63) is 30.1 Å². The SMILES string of the molecule is COCCN1C2CCC1CC(NCCn1c(C)nc3ccccc31)C2. The third-order valence-electron chi connectivity index (χ3n) is 6.05. The van der Waals surface area contributed by atoms with Crippen molar-refractivity contribution < 1.29 is 4.74 Å². The highest BCUT2D eigenvalue weighted by Crippen LogP contribution is 2.35. The summed E-state index contributed by atoms with van der Waals surface area (Å²) >= 11 is 0. The van der Waals surface area contributed by atoms with Crippen LogP contribution in [0.2, 0.25) is 0 Å². The normalized spacial score (nSPS) is 26.6. The molecule has 1 N–H and O–H groups in total. The van der Waals surface area contributed by atoms with Crippen molar-refractivity contribution in [3.63, 3.8) is 0 Å². The van der Waals surface area contributed by atoms with Crippen LogP contribution in [0.3, 0.4) is 0 Å². The summed E-state index contributed by atoms with van der Waals surface area (Å²) in [7, 11) is 1.80. The van der Waals surface area contributed by atoms with E-state index in [1.54, 1.807) is 7.11 Å². The van der Waals surface area contributed by atoms with Crippen LogP contribution in [0.5, 0.6) is 0 Å². The fraction of sp³-hybridized carbons (Fsp3) is 0.650. The number of aromatic nitrogens is 2. The average molecular weight is 342 g/mol. The highest BCUT2D eigenvalue weighted by Gasteiger charge is 2.39. The summed E-state index contributed by atoms with van der Waals surface area (Å²) in [6.45, 7) is 6.07. The molecule has 2 aliphatic rings. The van der Waals surface area contributed by atoms with E-state index >= 15 is 0 Å². The van der Waals surface area contributed by atoms with Crippen LogP contribution >= 0.6 is 0 Å². The van der Waals surface area contributed by atoms with Crippen LogP contribution in [0.1, 0.15) is 31.5 Å². The molecule has 25 heavy (non-hydrogen) atoms. The van der Waals surface area contributed by atoms with E-state index in [1.807, 2.05) is 0 Å². The van der Waals surface area contributed by atoms with Crippen LogP contribution in [0, 0.1) is 6.92 Å². The van der Waals surface area contributed by atoms with Crippen LogP contribution in [-0.2, 0) is 11.3 Å². The second-order valence-corrected chi connectivity index (χ2v) is 7.54. The Morgan fingerprint density at radius 2 is 1.92 bits per heavy atom. The van der Waals surface area contributed by atoms with E-state index in [4.69, 9.17) is 4.74 Å². The van der Waals surface area contributed by atoms with Gasteiger partial charge < -0.3 is 14.6 Å². The van der Waals surface area contributed by atoms with E-state index in [0.717, 1.165) is 49.7 Å². The molecule has 4 rings (SSSR count). The molecule has 1 aromatic heterocycles. The number of rotatable bonds is 7. The van der Waals surface area contributed by atoms with Gasteiger partial charge in [-0.05, 0) is 44.7 Å². The number of imidazole rings is 1. The van der Waals surface area contributed by atoms with Crippen molar-refractivity contribution in [1.82, 2.24) is 19.8 Å². The summed E-state index contributed by atoms with van der Waals surface area (Å²) in [5.41, 5.74) is 2.35. The molecule has 5 nitrogen and oxygen atoms in total. The molecule has 2 bridgehead atoms. The summed E-state index contributed by atoms with van der Waals surface area (Å²) in [5, 5.41) is 3.82. The number of benzene rings is 1. The number of hydrogen-bond acceptors (Lipinski definition) is 4. The lowest BCUT2D eigenvalue weighted by Gasteiger charge is -2.39. The van der Waals surface area contributed by atoms with Crippen LogP contribution in [0.15, 0.2) is 24.3 Å². The minimum Gasteiger partial charge on any atom is -0.383 e. The number of piperidine rings is 1. The topological polar surface area (TPSA) is 42.3 Å². The maximum atomic E-state index is 5.28. The molecule has 1 aromatic carbocycles. The lowest BCUT2D eigenvalue weighted by molar-refractivity contribution is 0.0777. The van der Waals surface area contributed by atoms with Gasteiger partial charge in [0, 0.05) is 44.9 Å². The van der Waals surface area contributed by atoms with Crippen LogP contribution in [0.4, 0.5) is 0 Å². The van der Waals surface area contributed by atoms with Gasteiger partial charge in [-0.15, -0.1) is 0 Å². The number of methoxy groups -OCH3 is 1. The molecule has 2 atom stereocenters. The Bertz CT molecular complexity index is 699. The number of nitrogens with one attached hydrogen (secondary N) is 1. The van der Waals surface area contributed by atoms with Crippen LogP contribution in [-0.4, -0.2) is 59.4 Å². The number of aryl methyl sites for hydroxylation is 1. The standard InChI is InChI=1S/C20H30N4O/c1-15-22-19-5-3-4-6-20(19)23(15)10-9-21-16-13-17-7-8-18(14-16)24(17)11-12-25-2/h3-6,16-18,21H,7-14H2,1-2H3. The van der Waals surface area contributed by atoms with Crippen molar-refractivity contribution >= 4 is 11.0 Å². The zero-order valence-electron chi connectivity index (χ0n) is 15.4. The van der Waals surface area contributed by atoms with Gasteiger partial charge in [0.1, 0.15) is 5.82 Å². The minimum atomic E-state index is 0.659. The predicted molar refractivity (Wildman–Crippen MR) is 101 cm³/mol. The molecule has 0 radical (unpaired) electrons. The summed E-state index contributed by atoms with van der Waals surface area (Å²) in [5.74, 6) is 1.11. The van der Waals surface area contributed by atoms with Gasteiger partial charge in [-0.3, -0.25) is 4.90 Å². The molecular weight excluding hydrogens is 312 g/mol. The minimum absolute atomic E-state index is 0.659.